The Bertz CT molecular complexity index is 1300. The first-order valence-corrected chi connectivity index (χ1v) is 10.6. The van der Waals surface area contributed by atoms with Crippen LogP contribution in [0.1, 0.15) is 12.8 Å². The third kappa shape index (κ3) is 4.14. The largest absolute Gasteiger partial charge is 0.495 e. The maximum absolute atomic E-state index is 12.9. The highest BCUT2D eigenvalue weighted by Crippen LogP contribution is 2.36. The summed E-state index contributed by atoms with van der Waals surface area (Å²) in [6, 6.07) is 18.4. The predicted octanol–water partition coefficient (Wildman–Crippen LogP) is 5.24. The fourth-order valence-corrected chi connectivity index (χ4v) is 4.13. The summed E-state index contributed by atoms with van der Waals surface area (Å²) in [6.45, 7) is 0.592. The van der Waals surface area contributed by atoms with Gasteiger partial charge in [0, 0.05) is 29.8 Å². The number of fused-ring (bicyclic) bond motifs is 2. The number of rotatable bonds is 7. The smallest absolute Gasteiger partial charge is 0.224 e. The molecule has 0 unspecified atom stereocenters. The molecule has 164 valence electrons. The van der Waals surface area contributed by atoms with Gasteiger partial charge < -0.3 is 19.4 Å². The summed E-state index contributed by atoms with van der Waals surface area (Å²) in [5.74, 6) is 0.787. The normalized spacial score (nSPS) is 11.0. The molecular weight excluding hydrogens is 428 g/mol. The second-order valence-corrected chi connectivity index (χ2v) is 7.76. The van der Waals surface area contributed by atoms with Gasteiger partial charge in [-0.1, -0.05) is 35.9 Å². The lowest BCUT2D eigenvalue weighted by atomic mass is 10.1. The first-order chi connectivity index (χ1) is 15.5. The Labute approximate surface area is 190 Å². The van der Waals surface area contributed by atoms with Gasteiger partial charge in [-0.05, 0) is 36.8 Å². The van der Waals surface area contributed by atoms with Gasteiger partial charge >= 0.3 is 0 Å². The van der Waals surface area contributed by atoms with Crippen molar-refractivity contribution in [3.05, 3.63) is 75.9 Å². The van der Waals surface area contributed by atoms with Crippen LogP contribution >= 0.6 is 11.6 Å². The number of pyridine rings is 1. The molecule has 0 atom stereocenters. The van der Waals surface area contributed by atoms with Crippen LogP contribution < -0.4 is 20.2 Å². The maximum atomic E-state index is 12.9. The van der Waals surface area contributed by atoms with Crippen LogP contribution in [0.3, 0.4) is 0 Å². The first kappa shape index (κ1) is 21.7. The minimum Gasteiger partial charge on any atom is -0.495 e. The van der Waals surface area contributed by atoms with E-state index in [9.17, 15) is 9.59 Å². The molecule has 0 aliphatic rings. The fraction of sp³-hybridized carbons (Fsp3) is 0.200. The number of nitrogens with one attached hydrogen (secondary N) is 1. The van der Waals surface area contributed by atoms with Gasteiger partial charge in [-0.3, -0.25) is 9.59 Å². The summed E-state index contributed by atoms with van der Waals surface area (Å²) in [4.78, 5) is 25.5. The molecule has 0 radical (unpaired) electrons. The number of hydrogen-bond acceptors (Lipinski definition) is 4. The molecule has 6 nitrogen and oxygen atoms in total. The SMILES string of the molecule is COc1cc(OC)c(NC(=O)CCCn2c3ccccc3c(=O)c3ccccc32)cc1Cl. The zero-order chi connectivity index (χ0) is 22.7. The van der Waals surface area contributed by atoms with E-state index in [0.29, 0.717) is 52.4 Å². The lowest BCUT2D eigenvalue weighted by molar-refractivity contribution is -0.116. The van der Waals surface area contributed by atoms with Gasteiger partial charge in [0.1, 0.15) is 11.5 Å². The molecule has 1 amide bonds. The summed E-state index contributed by atoms with van der Waals surface area (Å²) in [5, 5.41) is 4.59. The standard InChI is InChI=1S/C25H23ClN2O4/c1-31-22-15-23(32-2)19(14-18(22)26)27-24(29)12-7-13-28-20-10-5-3-8-16(20)25(30)17-9-4-6-11-21(17)28/h3-6,8-11,14-15H,7,12-13H2,1-2H3,(H,27,29). The van der Waals surface area contributed by atoms with Crippen molar-refractivity contribution in [2.45, 2.75) is 19.4 Å². The van der Waals surface area contributed by atoms with Crippen molar-refractivity contribution >= 4 is 45.0 Å². The van der Waals surface area contributed by atoms with E-state index in [1.54, 1.807) is 12.1 Å². The van der Waals surface area contributed by atoms with Gasteiger partial charge in [0.15, 0.2) is 5.43 Å². The van der Waals surface area contributed by atoms with E-state index in [2.05, 4.69) is 9.88 Å². The highest BCUT2D eigenvalue weighted by atomic mass is 35.5. The zero-order valence-corrected chi connectivity index (χ0v) is 18.6. The number of carbonyl (C=O) groups excluding carboxylic acids is 1. The van der Waals surface area contributed by atoms with E-state index in [1.807, 2.05) is 48.5 Å². The number of aromatic nitrogens is 1. The number of ether oxygens (including phenoxy) is 2. The van der Waals surface area contributed by atoms with Crippen LogP contribution in [0.2, 0.25) is 5.02 Å². The molecule has 3 aromatic carbocycles. The Hall–Kier alpha value is -3.51. The molecule has 0 saturated heterocycles. The molecular formula is C25H23ClN2O4. The summed E-state index contributed by atoms with van der Waals surface area (Å²) in [6.07, 6.45) is 0.885. The minimum atomic E-state index is -0.154. The summed E-state index contributed by atoms with van der Waals surface area (Å²) in [7, 11) is 3.04. The molecule has 0 aliphatic heterocycles. The molecule has 4 aromatic rings. The number of hydrogen-bond donors (Lipinski definition) is 1. The second kappa shape index (κ2) is 9.32. The van der Waals surface area contributed by atoms with Crippen LogP contribution in [0.4, 0.5) is 5.69 Å². The molecule has 32 heavy (non-hydrogen) atoms. The monoisotopic (exact) mass is 450 g/mol. The third-order valence-corrected chi connectivity index (χ3v) is 5.71. The van der Waals surface area contributed by atoms with Gasteiger partial charge in [-0.15, -0.1) is 0 Å². The molecule has 0 aliphatic carbocycles. The molecule has 7 heteroatoms. The number of amides is 1. The molecule has 0 fully saturated rings. The number of methoxy groups -OCH3 is 2. The number of nitrogens with zero attached hydrogens (tertiary/aromatic N) is 1. The lowest BCUT2D eigenvalue weighted by Crippen LogP contribution is -2.15. The van der Waals surface area contributed by atoms with Crippen LogP contribution in [0.25, 0.3) is 21.8 Å². The topological polar surface area (TPSA) is 69.6 Å². The van der Waals surface area contributed by atoms with Gasteiger partial charge in [0.2, 0.25) is 5.91 Å². The van der Waals surface area contributed by atoms with Crippen LogP contribution in [-0.4, -0.2) is 24.7 Å². The van der Waals surface area contributed by atoms with E-state index >= 15 is 0 Å². The van der Waals surface area contributed by atoms with Crippen LogP contribution in [0.5, 0.6) is 11.5 Å². The molecule has 4 rings (SSSR count). The number of carbonyl (C=O) groups is 1. The van der Waals surface area contributed by atoms with E-state index < -0.39 is 0 Å². The number of aryl methyl sites for hydroxylation is 1. The van der Waals surface area contributed by atoms with Gasteiger partial charge in [-0.25, -0.2) is 0 Å². The van der Waals surface area contributed by atoms with E-state index in [1.165, 1.54) is 14.2 Å². The minimum absolute atomic E-state index is 0.0219. The highest BCUT2D eigenvalue weighted by Gasteiger charge is 2.14. The molecule has 0 bridgehead atoms. The molecule has 1 N–H and O–H groups in total. The zero-order valence-electron chi connectivity index (χ0n) is 17.9. The van der Waals surface area contributed by atoms with Gasteiger partial charge in [0.25, 0.3) is 0 Å². The van der Waals surface area contributed by atoms with Crippen molar-refractivity contribution in [1.82, 2.24) is 4.57 Å². The molecule has 0 spiro atoms. The molecule has 1 aromatic heterocycles. The van der Waals surface area contributed by atoms with Gasteiger partial charge in [-0.2, -0.15) is 0 Å². The van der Waals surface area contributed by atoms with E-state index in [4.69, 9.17) is 21.1 Å². The summed E-state index contributed by atoms with van der Waals surface area (Å²) < 4.78 is 12.6. The van der Waals surface area contributed by atoms with E-state index in [0.717, 1.165) is 11.0 Å². The van der Waals surface area contributed by atoms with Crippen molar-refractivity contribution in [1.29, 1.82) is 0 Å². The average molecular weight is 451 g/mol. The van der Waals surface area contributed by atoms with Crippen LogP contribution in [0, 0.1) is 0 Å². The Morgan fingerprint density at radius 3 is 2.12 bits per heavy atom. The quantitative estimate of drug-likeness (QED) is 0.391. The van der Waals surface area contributed by atoms with Crippen LogP contribution in [0.15, 0.2) is 65.5 Å². The van der Waals surface area contributed by atoms with Crippen molar-refractivity contribution in [3.63, 3.8) is 0 Å². The van der Waals surface area contributed by atoms with Crippen molar-refractivity contribution in [2.24, 2.45) is 0 Å². The Morgan fingerprint density at radius 2 is 1.53 bits per heavy atom. The van der Waals surface area contributed by atoms with E-state index in [-0.39, 0.29) is 11.3 Å². The Balaban J connectivity index is 1.54. The maximum Gasteiger partial charge on any atom is 0.224 e. The fourth-order valence-electron chi connectivity index (χ4n) is 3.89. The Morgan fingerprint density at radius 1 is 0.938 bits per heavy atom. The highest BCUT2D eigenvalue weighted by molar-refractivity contribution is 6.32. The summed E-state index contributed by atoms with van der Waals surface area (Å²) >= 11 is 6.19. The van der Waals surface area contributed by atoms with Crippen molar-refractivity contribution in [3.8, 4) is 11.5 Å². The molecule has 1 heterocycles. The number of anilines is 1. The predicted molar refractivity (Wildman–Crippen MR) is 128 cm³/mol. The third-order valence-electron chi connectivity index (χ3n) is 5.41. The second-order valence-electron chi connectivity index (χ2n) is 7.35. The number of benzene rings is 3. The lowest BCUT2D eigenvalue weighted by Gasteiger charge is -2.16. The number of halogens is 1. The first-order valence-electron chi connectivity index (χ1n) is 10.2. The van der Waals surface area contributed by atoms with Gasteiger partial charge in [0.05, 0.1) is 36.0 Å². The van der Waals surface area contributed by atoms with Crippen molar-refractivity contribution < 1.29 is 14.3 Å². The molecule has 0 saturated carbocycles. The summed E-state index contributed by atoms with van der Waals surface area (Å²) in [5.41, 5.74) is 2.23. The Kier molecular flexibility index (Phi) is 6.32. The average Bonchev–Trinajstić information content (AvgIpc) is 2.81. The van der Waals surface area contributed by atoms with Crippen molar-refractivity contribution in [2.75, 3.05) is 19.5 Å². The van der Waals surface area contributed by atoms with Crippen LogP contribution in [-0.2, 0) is 11.3 Å². The number of para-hydroxylation sites is 2.